The van der Waals surface area contributed by atoms with E-state index in [0.29, 0.717) is 11.4 Å². The van der Waals surface area contributed by atoms with Crippen LogP contribution >= 0.6 is 0 Å². The van der Waals surface area contributed by atoms with Crippen LogP contribution in [0.3, 0.4) is 0 Å². The fraction of sp³-hybridized carbons (Fsp3) is 0.172. The lowest BCUT2D eigenvalue weighted by Crippen LogP contribution is -2.14. The van der Waals surface area contributed by atoms with E-state index in [-0.39, 0.29) is 16.6 Å². The summed E-state index contributed by atoms with van der Waals surface area (Å²) in [5.74, 6) is 0.909. The van der Waals surface area contributed by atoms with Crippen molar-refractivity contribution in [3.63, 3.8) is 0 Å². The first-order chi connectivity index (χ1) is 29.7. The van der Waals surface area contributed by atoms with E-state index in [1.165, 1.54) is 11.1 Å². The Kier molecular flexibility index (Phi) is 10.3. The first-order valence-corrected chi connectivity index (χ1v) is 21.5. The van der Waals surface area contributed by atoms with Crippen molar-refractivity contribution in [2.75, 3.05) is 0 Å². The molecule has 0 unspecified atom stereocenters. The number of para-hydroxylation sites is 1. The smallest absolute Gasteiger partial charge is 0.149 e. The number of phenolic OH excluding ortho intramolecular Hbond substituents is 1. The lowest BCUT2D eigenvalue weighted by atomic mass is 9.79. The number of hydrogen-bond acceptors (Lipinski definition) is 3. The summed E-state index contributed by atoms with van der Waals surface area (Å²) >= 11 is 0. The van der Waals surface area contributed by atoms with Crippen LogP contribution in [0.15, 0.2) is 170 Å². The molecule has 9 rings (SSSR count). The van der Waals surface area contributed by atoms with E-state index >= 15 is 0 Å². The molecule has 2 heterocycles. The van der Waals surface area contributed by atoms with Crippen LogP contribution in [-0.2, 0) is 10.8 Å². The average Bonchev–Trinajstić information content (AvgIpc) is 3.67. The summed E-state index contributed by atoms with van der Waals surface area (Å²) in [6, 6.07) is 58.2. The Hall–Kier alpha value is -7.04. The number of aromatic hydroxyl groups is 1. The molecule has 1 N–H and O–H groups in total. The molecule has 0 radical (unpaired) electrons. The van der Waals surface area contributed by atoms with Gasteiger partial charge in [0.2, 0.25) is 0 Å². The Morgan fingerprint density at radius 2 is 1.11 bits per heavy atom. The molecule has 62 heavy (non-hydrogen) atoms. The van der Waals surface area contributed by atoms with Gasteiger partial charge in [-0.15, -0.1) is 0 Å². The van der Waals surface area contributed by atoms with Crippen molar-refractivity contribution in [2.24, 2.45) is 0 Å². The second kappa shape index (κ2) is 15.8. The van der Waals surface area contributed by atoms with Crippen LogP contribution in [0.4, 0.5) is 0 Å². The summed E-state index contributed by atoms with van der Waals surface area (Å²) < 4.78 is 2.29. The van der Waals surface area contributed by atoms with Gasteiger partial charge >= 0.3 is 0 Å². The number of nitrogens with zero attached hydrogens (tertiary/aromatic N) is 3. The number of phenols is 1. The second-order valence-corrected chi connectivity index (χ2v) is 18.7. The summed E-state index contributed by atoms with van der Waals surface area (Å²) in [5, 5.41) is 12.0. The molecule has 7 aromatic carbocycles. The molecule has 0 fully saturated rings. The maximum atomic E-state index is 12.0. The van der Waals surface area contributed by atoms with Gasteiger partial charge in [-0.05, 0) is 129 Å². The Labute approximate surface area is 366 Å². The Morgan fingerprint density at radius 3 is 1.76 bits per heavy atom. The van der Waals surface area contributed by atoms with E-state index in [4.69, 9.17) is 9.97 Å². The van der Waals surface area contributed by atoms with Gasteiger partial charge in [-0.3, -0.25) is 9.55 Å². The number of imidazole rings is 1. The normalized spacial score (nSPS) is 11.9. The fourth-order valence-corrected chi connectivity index (χ4v) is 8.75. The topological polar surface area (TPSA) is 50.9 Å². The molecule has 0 amide bonds. The van der Waals surface area contributed by atoms with Crippen molar-refractivity contribution in [3.05, 3.63) is 192 Å². The van der Waals surface area contributed by atoms with Crippen molar-refractivity contribution < 1.29 is 5.11 Å². The maximum absolute atomic E-state index is 12.0. The van der Waals surface area contributed by atoms with E-state index in [9.17, 15) is 5.11 Å². The molecule has 0 atom stereocenters. The molecule has 0 aliphatic rings. The first kappa shape index (κ1) is 40.4. The van der Waals surface area contributed by atoms with E-state index in [0.717, 1.165) is 83.6 Å². The van der Waals surface area contributed by atoms with Gasteiger partial charge in [-0.1, -0.05) is 157 Å². The van der Waals surface area contributed by atoms with Crippen LogP contribution in [0.1, 0.15) is 63.8 Å². The van der Waals surface area contributed by atoms with Gasteiger partial charge < -0.3 is 5.11 Å². The molecule has 9 aromatic rings. The highest BCUT2D eigenvalue weighted by atomic mass is 16.3. The number of hydrogen-bond donors (Lipinski definition) is 1. The quantitative estimate of drug-likeness (QED) is 0.174. The van der Waals surface area contributed by atoms with Crippen LogP contribution in [0, 0.1) is 13.8 Å². The number of aromatic nitrogens is 3. The third kappa shape index (κ3) is 7.62. The zero-order valence-corrected chi connectivity index (χ0v) is 37.0. The summed E-state index contributed by atoms with van der Waals surface area (Å²) in [6.45, 7) is 17.7. The standard InChI is InChI=1S/C58H53N3O/c1-37-29-38(2)55(62)49(30-37)56-60-54-46(43-31-44(33-45(32-43)57(3,4)5)51-34-42(27-28-59-51)39-19-12-9-13-20-39)25-18-26-52(54)61(56)53-36-47(40-21-14-10-15-22-40)50(58(6,7)8)35-48(53)41-23-16-11-17-24-41/h9-36,62H,1-8H3. The largest absolute Gasteiger partial charge is 0.507 e. The molecule has 0 bridgehead atoms. The third-order valence-electron chi connectivity index (χ3n) is 12.0. The van der Waals surface area contributed by atoms with Gasteiger partial charge in [0.25, 0.3) is 0 Å². The Balaban J connectivity index is 1.37. The van der Waals surface area contributed by atoms with E-state index in [1.54, 1.807) is 0 Å². The zero-order chi connectivity index (χ0) is 43.3. The molecule has 306 valence electrons. The number of aryl methyl sites for hydroxylation is 2. The van der Waals surface area contributed by atoms with Crippen molar-refractivity contribution in [1.29, 1.82) is 0 Å². The van der Waals surface area contributed by atoms with Crippen LogP contribution < -0.4 is 0 Å². The van der Waals surface area contributed by atoms with E-state index in [1.807, 2.05) is 25.3 Å². The van der Waals surface area contributed by atoms with Gasteiger partial charge in [0.1, 0.15) is 11.6 Å². The van der Waals surface area contributed by atoms with Crippen LogP contribution in [-0.4, -0.2) is 19.6 Å². The molecule has 0 saturated carbocycles. The highest BCUT2D eigenvalue weighted by molar-refractivity contribution is 5.98. The molecule has 0 saturated heterocycles. The van der Waals surface area contributed by atoms with Crippen molar-refractivity contribution in [1.82, 2.24) is 14.5 Å². The van der Waals surface area contributed by atoms with Gasteiger partial charge in [-0.2, -0.15) is 0 Å². The highest BCUT2D eigenvalue weighted by Gasteiger charge is 2.27. The van der Waals surface area contributed by atoms with Crippen LogP contribution in [0.2, 0.25) is 0 Å². The predicted octanol–water partition coefficient (Wildman–Crippen LogP) is 15.3. The summed E-state index contributed by atoms with van der Waals surface area (Å²) in [4.78, 5) is 10.6. The number of fused-ring (bicyclic) bond motifs is 1. The predicted molar refractivity (Wildman–Crippen MR) is 260 cm³/mol. The molecule has 4 heteroatoms. The minimum Gasteiger partial charge on any atom is -0.507 e. The maximum Gasteiger partial charge on any atom is 0.149 e. The Bertz CT molecular complexity index is 3090. The van der Waals surface area contributed by atoms with Gasteiger partial charge in [-0.25, -0.2) is 4.98 Å². The third-order valence-corrected chi connectivity index (χ3v) is 12.0. The highest BCUT2D eigenvalue weighted by Crippen LogP contribution is 2.45. The van der Waals surface area contributed by atoms with Crippen molar-refractivity contribution in [2.45, 2.75) is 66.2 Å². The molecule has 0 spiro atoms. The summed E-state index contributed by atoms with van der Waals surface area (Å²) in [5.41, 5.74) is 18.3. The number of benzene rings is 7. The second-order valence-electron chi connectivity index (χ2n) is 18.7. The molecular formula is C58H53N3O. The average molecular weight is 808 g/mol. The Morgan fingerprint density at radius 1 is 0.484 bits per heavy atom. The molecule has 0 aliphatic heterocycles. The zero-order valence-electron chi connectivity index (χ0n) is 37.0. The molecule has 4 nitrogen and oxygen atoms in total. The molecule has 0 aliphatic carbocycles. The molecular weight excluding hydrogens is 755 g/mol. The summed E-state index contributed by atoms with van der Waals surface area (Å²) in [7, 11) is 0. The minimum absolute atomic E-state index is 0.141. The first-order valence-electron chi connectivity index (χ1n) is 21.5. The lowest BCUT2D eigenvalue weighted by Gasteiger charge is -2.27. The van der Waals surface area contributed by atoms with E-state index < -0.39 is 0 Å². The SMILES string of the molecule is Cc1cc(C)c(O)c(-c2nc3c(-c4cc(-c5cc(-c6ccccc6)ccn5)cc(C(C)(C)C)c4)cccc3n2-c2cc(-c3ccccc3)c(C(C)(C)C)cc2-c2ccccc2)c1. The lowest BCUT2D eigenvalue weighted by molar-refractivity contribution is 0.472. The van der Waals surface area contributed by atoms with Crippen molar-refractivity contribution in [3.8, 4) is 78.6 Å². The molecule has 2 aromatic heterocycles. The van der Waals surface area contributed by atoms with Gasteiger partial charge in [0.15, 0.2) is 0 Å². The monoisotopic (exact) mass is 807 g/mol. The minimum atomic E-state index is -0.155. The summed E-state index contributed by atoms with van der Waals surface area (Å²) in [6.07, 6.45) is 1.91. The number of pyridine rings is 1. The van der Waals surface area contributed by atoms with Gasteiger partial charge in [0, 0.05) is 22.9 Å². The van der Waals surface area contributed by atoms with Crippen LogP contribution in [0.5, 0.6) is 5.75 Å². The van der Waals surface area contributed by atoms with Crippen LogP contribution in [0.25, 0.3) is 83.9 Å². The van der Waals surface area contributed by atoms with E-state index in [2.05, 4.69) is 205 Å². The number of rotatable bonds is 7. The van der Waals surface area contributed by atoms with Gasteiger partial charge in [0.05, 0.1) is 28.0 Å². The fourth-order valence-electron chi connectivity index (χ4n) is 8.75. The van der Waals surface area contributed by atoms with Crippen molar-refractivity contribution >= 4 is 11.0 Å².